The van der Waals surface area contributed by atoms with E-state index in [-0.39, 0.29) is 84.7 Å². The Balaban J connectivity index is 1.76. The summed E-state index contributed by atoms with van der Waals surface area (Å²) < 4.78 is 17.7. The summed E-state index contributed by atoms with van der Waals surface area (Å²) in [5.74, 6) is -0.498. The molecule has 0 radical (unpaired) electrons. The van der Waals surface area contributed by atoms with Crippen molar-refractivity contribution >= 4 is 11.6 Å². The quantitative estimate of drug-likeness (QED) is 0.433. The lowest BCUT2D eigenvalue weighted by molar-refractivity contribution is -0.116. The van der Waals surface area contributed by atoms with E-state index in [1.165, 1.54) is 12.2 Å². The smallest absolute Gasteiger partial charge is 0.189 e. The molecule has 7 heteroatoms. The Morgan fingerprint density at radius 1 is 0.564 bits per heavy atom. The molecule has 2 aromatic rings. The molecule has 0 spiro atoms. The molecule has 6 bridgehead atoms. The second-order valence-corrected chi connectivity index (χ2v) is 12.3. The molecule has 1 heterocycles. The number of carbonyl (C=O) groups excluding carboxylic acids is 2. The van der Waals surface area contributed by atoms with Gasteiger partial charge in [0.1, 0.15) is 11.5 Å². The normalized spacial score (nSPS) is 17.7. The Kier molecular flexibility index (Phi) is 8.17. The van der Waals surface area contributed by atoms with Crippen LogP contribution in [0, 0.1) is 0 Å². The fraction of sp³-hybridized carbons (Fsp3) is 0.438. The van der Waals surface area contributed by atoms with E-state index in [1.54, 1.807) is 0 Å². The van der Waals surface area contributed by atoms with Gasteiger partial charge < -0.3 is 24.4 Å². The molecule has 0 aromatic heterocycles. The largest absolute Gasteiger partial charge is 0.507 e. The van der Waals surface area contributed by atoms with Crippen LogP contribution in [0.25, 0.3) is 0 Å². The first-order valence-electron chi connectivity index (χ1n) is 13.2. The Morgan fingerprint density at radius 3 is 1.18 bits per heavy atom. The summed E-state index contributed by atoms with van der Waals surface area (Å²) >= 11 is 0. The average molecular weight is 535 g/mol. The molecule has 2 N–H and O–H groups in total. The van der Waals surface area contributed by atoms with Crippen molar-refractivity contribution in [2.24, 2.45) is 0 Å². The van der Waals surface area contributed by atoms with E-state index in [1.807, 2.05) is 24.3 Å². The second-order valence-electron chi connectivity index (χ2n) is 12.3. The summed E-state index contributed by atoms with van der Waals surface area (Å²) in [6, 6.07) is 7.63. The zero-order chi connectivity index (χ0) is 28.5. The SMILES string of the molecule is CC(C)(C)c1cc2c(O)c(c1)COCc1cc(C(C)(C)C)cc(c1O)COCC1=CC(=O)C=C(COC2)C1=O. The monoisotopic (exact) mass is 534 g/mol. The number of rotatable bonds is 0. The number of phenols is 2. The third-order valence-electron chi connectivity index (χ3n) is 7.03. The highest BCUT2D eigenvalue weighted by Crippen LogP contribution is 2.35. The average Bonchev–Trinajstić information content (AvgIpc) is 2.83. The topological polar surface area (TPSA) is 102 Å². The maximum atomic E-state index is 13.1. The number of benzene rings is 2. The maximum Gasteiger partial charge on any atom is 0.189 e. The minimum absolute atomic E-state index is 0.0505. The highest BCUT2D eigenvalue weighted by atomic mass is 16.5. The third kappa shape index (κ3) is 6.67. The van der Waals surface area contributed by atoms with Crippen LogP contribution in [0.2, 0.25) is 0 Å². The van der Waals surface area contributed by atoms with Gasteiger partial charge in [0, 0.05) is 33.4 Å². The van der Waals surface area contributed by atoms with Crippen molar-refractivity contribution < 1.29 is 34.0 Å². The molecule has 1 aliphatic carbocycles. The van der Waals surface area contributed by atoms with Crippen molar-refractivity contribution in [2.45, 2.75) is 78.8 Å². The lowest BCUT2D eigenvalue weighted by Crippen LogP contribution is -2.21. The van der Waals surface area contributed by atoms with Crippen LogP contribution in [0.4, 0.5) is 0 Å². The van der Waals surface area contributed by atoms with E-state index in [0.29, 0.717) is 22.3 Å². The Bertz CT molecular complexity index is 1250. The molecule has 2 aromatic carbocycles. The third-order valence-corrected chi connectivity index (χ3v) is 7.03. The fourth-order valence-electron chi connectivity index (χ4n) is 4.58. The van der Waals surface area contributed by atoms with Crippen LogP contribution in [-0.4, -0.2) is 35.0 Å². The van der Waals surface area contributed by atoms with Crippen LogP contribution in [0.15, 0.2) is 47.6 Å². The van der Waals surface area contributed by atoms with Crippen LogP contribution in [0.1, 0.15) is 74.9 Å². The van der Waals surface area contributed by atoms with Gasteiger partial charge in [-0.05, 0) is 58.4 Å². The van der Waals surface area contributed by atoms with Gasteiger partial charge in [-0.15, -0.1) is 0 Å². The van der Waals surface area contributed by atoms with Gasteiger partial charge in [0.15, 0.2) is 11.6 Å². The van der Waals surface area contributed by atoms with Crippen molar-refractivity contribution in [3.8, 4) is 11.5 Å². The molecule has 0 saturated carbocycles. The van der Waals surface area contributed by atoms with Gasteiger partial charge >= 0.3 is 0 Å². The standard InChI is InChI=1S/C32H38O7/c1-31(2,3)25-7-19-13-37-14-20-8-26(32(4,5)6)10-22(29(20)35)16-39-18-24-12-27(33)11-23(30(24)36)17-38-15-21(9-25)28(19)34/h7-12,34-35H,13-18H2,1-6H3. The van der Waals surface area contributed by atoms with Gasteiger partial charge in [0.2, 0.25) is 0 Å². The summed E-state index contributed by atoms with van der Waals surface area (Å²) in [6.45, 7) is 12.7. The minimum atomic E-state index is -0.314. The predicted molar refractivity (Wildman–Crippen MR) is 148 cm³/mol. The van der Waals surface area contributed by atoms with Crippen LogP contribution >= 0.6 is 0 Å². The molecule has 0 atom stereocenters. The van der Waals surface area contributed by atoms with Gasteiger partial charge in [-0.1, -0.05) is 41.5 Å². The van der Waals surface area contributed by atoms with Gasteiger partial charge in [-0.25, -0.2) is 0 Å². The summed E-state index contributed by atoms with van der Waals surface area (Å²) in [5.41, 5.74) is 4.40. The van der Waals surface area contributed by atoms with Crippen LogP contribution in [0.5, 0.6) is 11.5 Å². The summed E-state index contributed by atoms with van der Waals surface area (Å²) in [7, 11) is 0. The first-order chi connectivity index (χ1) is 18.2. The molecular weight excluding hydrogens is 496 g/mol. The number of allylic oxidation sites excluding steroid dienone is 2. The van der Waals surface area contributed by atoms with Gasteiger partial charge in [-0.2, -0.15) is 0 Å². The number of phenolic OH excluding ortho intramolecular Hbond substituents is 2. The highest BCUT2D eigenvalue weighted by molar-refractivity contribution is 6.20. The van der Waals surface area contributed by atoms with Gasteiger partial charge in [0.05, 0.1) is 39.6 Å². The van der Waals surface area contributed by atoms with E-state index < -0.39 is 0 Å². The molecule has 39 heavy (non-hydrogen) atoms. The number of ketones is 2. The van der Waals surface area contributed by atoms with E-state index in [9.17, 15) is 19.8 Å². The number of carbonyl (C=O) groups is 2. The maximum absolute atomic E-state index is 13.1. The molecule has 4 rings (SSSR count). The van der Waals surface area contributed by atoms with E-state index >= 15 is 0 Å². The Hall–Kier alpha value is -3.26. The lowest BCUT2D eigenvalue weighted by atomic mass is 9.84. The van der Waals surface area contributed by atoms with Crippen molar-refractivity contribution in [1.82, 2.24) is 0 Å². The number of Topliss-reactive ketones (excluding diaryl/α,β-unsaturated/α-hetero) is 1. The van der Waals surface area contributed by atoms with Crippen LogP contribution in [-0.2, 0) is 61.1 Å². The number of ether oxygens (including phenoxy) is 3. The molecule has 7 nitrogen and oxygen atoms in total. The van der Waals surface area contributed by atoms with Crippen molar-refractivity contribution in [3.63, 3.8) is 0 Å². The molecule has 0 unspecified atom stereocenters. The Labute approximate surface area is 230 Å². The van der Waals surface area contributed by atoms with Gasteiger partial charge in [0.25, 0.3) is 0 Å². The summed E-state index contributed by atoms with van der Waals surface area (Å²) in [4.78, 5) is 25.4. The molecular formula is C32H38O7. The van der Waals surface area contributed by atoms with Gasteiger partial charge in [-0.3, -0.25) is 9.59 Å². The molecule has 0 fully saturated rings. The zero-order valence-electron chi connectivity index (χ0n) is 23.6. The zero-order valence-corrected chi connectivity index (χ0v) is 23.6. The summed E-state index contributed by atoms with van der Waals surface area (Å²) in [6.07, 6.45) is 2.56. The first-order valence-corrected chi connectivity index (χ1v) is 13.2. The molecule has 2 aliphatic rings. The number of aromatic hydroxyl groups is 2. The number of hydrogen-bond acceptors (Lipinski definition) is 7. The van der Waals surface area contributed by atoms with E-state index in [0.717, 1.165) is 11.1 Å². The van der Waals surface area contributed by atoms with Crippen LogP contribution in [0.3, 0.4) is 0 Å². The fourth-order valence-corrected chi connectivity index (χ4v) is 4.58. The number of hydrogen-bond donors (Lipinski definition) is 2. The van der Waals surface area contributed by atoms with E-state index in [2.05, 4.69) is 41.5 Å². The molecule has 1 aliphatic heterocycles. The first kappa shape index (κ1) is 28.7. The highest BCUT2D eigenvalue weighted by Gasteiger charge is 2.25. The van der Waals surface area contributed by atoms with Crippen molar-refractivity contribution in [3.05, 3.63) is 80.9 Å². The summed E-state index contributed by atoms with van der Waals surface area (Å²) in [5, 5.41) is 22.2. The minimum Gasteiger partial charge on any atom is -0.507 e. The van der Waals surface area contributed by atoms with Crippen molar-refractivity contribution in [2.75, 3.05) is 13.2 Å². The van der Waals surface area contributed by atoms with Crippen LogP contribution < -0.4 is 0 Å². The number of fused-ring (bicyclic) bond motifs is 6. The molecule has 0 saturated heterocycles. The lowest BCUT2D eigenvalue weighted by Gasteiger charge is -2.24. The second kappa shape index (κ2) is 11.1. The van der Waals surface area contributed by atoms with E-state index in [4.69, 9.17) is 14.2 Å². The molecule has 0 amide bonds. The van der Waals surface area contributed by atoms with Crippen molar-refractivity contribution in [1.29, 1.82) is 0 Å². The Morgan fingerprint density at radius 2 is 0.872 bits per heavy atom. The predicted octanol–water partition coefficient (Wildman–Crippen LogP) is 5.46. The molecule has 208 valence electrons.